The predicted molar refractivity (Wildman–Crippen MR) is 106 cm³/mol. The lowest BCUT2D eigenvalue weighted by molar-refractivity contribution is 0.0952. The van der Waals surface area contributed by atoms with E-state index in [1.807, 2.05) is 19.0 Å². The van der Waals surface area contributed by atoms with Crippen LogP contribution in [0.15, 0.2) is 24.3 Å². The van der Waals surface area contributed by atoms with Gasteiger partial charge in [0, 0.05) is 19.2 Å². The lowest BCUT2D eigenvalue weighted by Gasteiger charge is -2.12. The summed E-state index contributed by atoms with van der Waals surface area (Å²) in [6.07, 6.45) is 0. The second kappa shape index (κ2) is 8.74. The lowest BCUT2D eigenvalue weighted by Crippen LogP contribution is -2.31. The van der Waals surface area contributed by atoms with E-state index in [0.717, 1.165) is 17.7 Å². The highest BCUT2D eigenvalue weighted by Gasteiger charge is 2.20. The van der Waals surface area contributed by atoms with Crippen LogP contribution in [0.2, 0.25) is 0 Å². The highest BCUT2D eigenvalue weighted by molar-refractivity contribution is 6.02. The number of aryl methyl sites for hydroxylation is 2. The minimum atomic E-state index is -1.29. The number of amides is 1. The maximum atomic E-state index is 13.9. The molecule has 0 aliphatic heterocycles. The number of fused-ring (bicyclic) bond motifs is 1. The molecule has 0 aliphatic carbocycles. The van der Waals surface area contributed by atoms with Crippen molar-refractivity contribution in [1.82, 2.24) is 19.8 Å². The molecule has 3 rings (SSSR count). The monoisotopic (exact) mass is 420 g/mol. The molecule has 0 bridgehead atoms. The normalized spacial score (nSPS) is 11.3. The van der Waals surface area contributed by atoms with Gasteiger partial charge in [-0.2, -0.15) is 9.61 Å². The van der Waals surface area contributed by atoms with Gasteiger partial charge in [-0.1, -0.05) is 0 Å². The molecule has 160 valence electrons. The third kappa shape index (κ3) is 4.40. The van der Waals surface area contributed by atoms with E-state index >= 15 is 0 Å². The Labute approximate surface area is 172 Å². The number of carbonyl (C=O) groups is 1. The quantitative estimate of drug-likeness (QED) is 0.597. The van der Waals surface area contributed by atoms with Crippen molar-refractivity contribution in [1.29, 1.82) is 0 Å². The van der Waals surface area contributed by atoms with E-state index in [1.165, 1.54) is 4.52 Å². The number of pyridine rings is 1. The molecule has 0 unspecified atom stereocenters. The van der Waals surface area contributed by atoms with E-state index < -0.39 is 29.6 Å². The van der Waals surface area contributed by atoms with Gasteiger partial charge < -0.3 is 15.0 Å². The number of likely N-dealkylation sites (N-methyl/N-ethyl adjacent to an activating group) is 1. The maximum absolute atomic E-state index is 13.9. The zero-order valence-electron chi connectivity index (χ0n) is 17.2. The minimum Gasteiger partial charge on any atom is -0.473 e. The lowest BCUT2D eigenvalue weighted by atomic mass is 10.1. The van der Waals surface area contributed by atoms with Crippen molar-refractivity contribution < 1.29 is 22.7 Å². The van der Waals surface area contributed by atoms with Gasteiger partial charge in [0.25, 0.3) is 5.91 Å². The number of rotatable bonds is 7. The fourth-order valence-electron chi connectivity index (χ4n) is 3.07. The van der Waals surface area contributed by atoms with Gasteiger partial charge >= 0.3 is 0 Å². The minimum absolute atomic E-state index is 0.184. The Balaban J connectivity index is 1.92. The Hall–Kier alpha value is -3.07. The number of ether oxygens (including phenoxy) is 1. The first-order valence-electron chi connectivity index (χ1n) is 9.37. The Bertz CT molecular complexity index is 1100. The van der Waals surface area contributed by atoms with Crippen LogP contribution in [0.4, 0.5) is 13.2 Å². The SMILES string of the molecule is Cc1cc(OCc2c(F)ccc(F)c2F)n2nc(C)c(C(=O)NCCN(C)C)c2c1. The summed E-state index contributed by atoms with van der Waals surface area (Å²) in [6, 6.07) is 4.97. The van der Waals surface area contributed by atoms with Crippen LogP contribution in [0.5, 0.6) is 5.88 Å². The summed E-state index contributed by atoms with van der Waals surface area (Å²) in [6.45, 7) is 4.11. The van der Waals surface area contributed by atoms with Gasteiger partial charge in [-0.15, -0.1) is 0 Å². The second-order valence-corrected chi connectivity index (χ2v) is 7.30. The molecule has 30 heavy (non-hydrogen) atoms. The second-order valence-electron chi connectivity index (χ2n) is 7.30. The molecule has 0 fully saturated rings. The largest absolute Gasteiger partial charge is 0.473 e. The van der Waals surface area contributed by atoms with Gasteiger partial charge in [0.1, 0.15) is 12.4 Å². The number of hydrogen-bond donors (Lipinski definition) is 1. The molecule has 1 amide bonds. The number of nitrogens with zero attached hydrogens (tertiary/aromatic N) is 3. The first-order valence-corrected chi connectivity index (χ1v) is 9.37. The zero-order valence-corrected chi connectivity index (χ0v) is 17.2. The van der Waals surface area contributed by atoms with Crippen LogP contribution in [-0.4, -0.2) is 47.6 Å². The zero-order chi connectivity index (χ0) is 22.0. The number of carbonyl (C=O) groups excluding carboxylic acids is 1. The van der Waals surface area contributed by atoms with Crippen molar-refractivity contribution >= 4 is 11.4 Å². The topological polar surface area (TPSA) is 58.9 Å². The standard InChI is InChI=1S/C21H23F3N4O2/c1-12-9-17-19(21(29)25-7-8-27(3)4)13(2)26-28(17)18(10-12)30-11-14-15(22)5-6-16(23)20(14)24/h5-6,9-10H,7-8,11H2,1-4H3,(H,25,29). The van der Waals surface area contributed by atoms with E-state index in [2.05, 4.69) is 10.4 Å². The molecule has 0 aliphatic rings. The summed E-state index contributed by atoms with van der Waals surface area (Å²) < 4.78 is 48.3. The summed E-state index contributed by atoms with van der Waals surface area (Å²) in [5.74, 6) is -3.45. The summed E-state index contributed by atoms with van der Waals surface area (Å²) in [5.41, 5.74) is 1.63. The van der Waals surface area contributed by atoms with Crippen molar-refractivity contribution in [3.8, 4) is 5.88 Å². The van der Waals surface area contributed by atoms with Crippen molar-refractivity contribution in [2.45, 2.75) is 20.5 Å². The number of benzene rings is 1. The van der Waals surface area contributed by atoms with E-state index in [-0.39, 0.29) is 11.8 Å². The van der Waals surface area contributed by atoms with Crippen molar-refractivity contribution in [3.63, 3.8) is 0 Å². The fourth-order valence-corrected chi connectivity index (χ4v) is 3.07. The van der Waals surface area contributed by atoms with Crippen molar-refractivity contribution in [2.75, 3.05) is 27.2 Å². The van der Waals surface area contributed by atoms with Crippen LogP contribution in [0, 0.1) is 31.3 Å². The van der Waals surface area contributed by atoms with E-state index in [0.29, 0.717) is 29.9 Å². The van der Waals surface area contributed by atoms with Gasteiger partial charge in [-0.05, 0) is 51.7 Å². The number of aromatic nitrogens is 2. The smallest absolute Gasteiger partial charge is 0.255 e. The van der Waals surface area contributed by atoms with Gasteiger partial charge in [0.2, 0.25) is 5.88 Å². The summed E-state index contributed by atoms with van der Waals surface area (Å²) in [4.78, 5) is 14.6. The first kappa shape index (κ1) is 21.6. The van der Waals surface area contributed by atoms with Crippen LogP contribution >= 0.6 is 0 Å². The summed E-state index contributed by atoms with van der Waals surface area (Å²) >= 11 is 0. The van der Waals surface area contributed by atoms with E-state index in [9.17, 15) is 18.0 Å². The molecule has 0 atom stereocenters. The highest BCUT2D eigenvalue weighted by atomic mass is 19.2. The van der Waals surface area contributed by atoms with Crippen LogP contribution in [0.25, 0.3) is 5.52 Å². The average molecular weight is 420 g/mol. The molecule has 2 aromatic heterocycles. The molecule has 0 radical (unpaired) electrons. The number of hydrogen-bond acceptors (Lipinski definition) is 4. The van der Waals surface area contributed by atoms with Gasteiger partial charge in [-0.25, -0.2) is 13.2 Å². The predicted octanol–water partition coefficient (Wildman–Crippen LogP) is 3.24. The molecule has 1 aromatic carbocycles. The molecule has 6 nitrogen and oxygen atoms in total. The van der Waals surface area contributed by atoms with Crippen LogP contribution < -0.4 is 10.1 Å². The third-order valence-corrected chi connectivity index (χ3v) is 4.60. The molecule has 2 heterocycles. The molecule has 9 heteroatoms. The average Bonchev–Trinajstić information content (AvgIpc) is 3.00. The number of nitrogens with one attached hydrogen (secondary N) is 1. The van der Waals surface area contributed by atoms with E-state index in [1.54, 1.807) is 26.0 Å². The van der Waals surface area contributed by atoms with Gasteiger partial charge in [-0.3, -0.25) is 4.79 Å². The van der Waals surface area contributed by atoms with Gasteiger partial charge in [0.05, 0.1) is 22.3 Å². The molecule has 0 saturated carbocycles. The molecule has 3 aromatic rings. The Morgan fingerprint density at radius 3 is 2.57 bits per heavy atom. The third-order valence-electron chi connectivity index (χ3n) is 4.60. The summed E-state index contributed by atoms with van der Waals surface area (Å²) in [5, 5.41) is 7.20. The molecule has 1 N–H and O–H groups in total. The molecule has 0 saturated heterocycles. The Morgan fingerprint density at radius 1 is 1.17 bits per heavy atom. The maximum Gasteiger partial charge on any atom is 0.255 e. The molecule has 0 spiro atoms. The van der Waals surface area contributed by atoms with Gasteiger partial charge in [0.15, 0.2) is 11.6 Å². The summed E-state index contributed by atoms with van der Waals surface area (Å²) in [7, 11) is 3.81. The fraction of sp³-hybridized carbons (Fsp3) is 0.333. The molecular formula is C21H23F3N4O2. The van der Waals surface area contributed by atoms with Crippen LogP contribution in [0.3, 0.4) is 0 Å². The van der Waals surface area contributed by atoms with Crippen molar-refractivity contribution in [2.24, 2.45) is 0 Å². The van der Waals surface area contributed by atoms with E-state index in [4.69, 9.17) is 4.74 Å². The molecular weight excluding hydrogens is 397 g/mol. The van der Waals surface area contributed by atoms with Crippen molar-refractivity contribution in [3.05, 3.63) is 64.1 Å². The Kier molecular flexibility index (Phi) is 6.31. The van der Waals surface area contributed by atoms with Crippen LogP contribution in [-0.2, 0) is 6.61 Å². The van der Waals surface area contributed by atoms with Crippen LogP contribution in [0.1, 0.15) is 27.2 Å². The number of halogens is 3. The Morgan fingerprint density at radius 2 is 1.87 bits per heavy atom. The highest BCUT2D eigenvalue weighted by Crippen LogP contribution is 2.25. The first-order chi connectivity index (χ1) is 14.2.